The highest BCUT2D eigenvalue weighted by Crippen LogP contribution is 2.54. The van der Waals surface area contributed by atoms with E-state index in [0.29, 0.717) is 11.3 Å². The molecule has 1 aromatic carbocycles. The molecular weight excluding hydrogens is 554 g/mol. The number of sulfone groups is 1. The average Bonchev–Trinajstić information content (AvgIpc) is 2.83. The molecule has 220 valence electrons. The van der Waals surface area contributed by atoms with Crippen LogP contribution in [0.1, 0.15) is 29.5 Å². The van der Waals surface area contributed by atoms with Crippen LogP contribution in [0.25, 0.3) is 5.76 Å². The average molecular weight is 588 g/mol. The zero-order valence-electron chi connectivity index (χ0n) is 23.3. The Kier molecular flexibility index (Phi) is 7.49. The molecule has 0 bridgehead atoms. The highest BCUT2D eigenvalue weighted by molar-refractivity contribution is 7.90. The predicted octanol–water partition coefficient (Wildman–Crippen LogP) is -0.184. The number of anilines is 1. The van der Waals surface area contributed by atoms with Gasteiger partial charge in [-0.1, -0.05) is 11.8 Å². The van der Waals surface area contributed by atoms with Crippen molar-refractivity contribution in [3.05, 3.63) is 39.7 Å². The third kappa shape index (κ3) is 4.75. The molecule has 3 aliphatic carbocycles. The van der Waals surface area contributed by atoms with Crippen LogP contribution in [0.4, 0.5) is 5.69 Å². The fourth-order valence-electron chi connectivity index (χ4n) is 6.18. The number of rotatable bonds is 5. The molecule has 0 aromatic heterocycles. The molecule has 6 N–H and O–H groups in total. The number of phenols is 1. The van der Waals surface area contributed by atoms with Gasteiger partial charge < -0.3 is 31.1 Å². The lowest BCUT2D eigenvalue weighted by atomic mass is 9.57. The minimum atomic E-state index is -3.25. The van der Waals surface area contributed by atoms with E-state index in [9.17, 15) is 43.2 Å². The Morgan fingerprint density at radius 1 is 1.17 bits per heavy atom. The van der Waals surface area contributed by atoms with E-state index < -0.39 is 73.6 Å². The first-order valence-electron chi connectivity index (χ1n) is 12.8. The lowest BCUT2D eigenvalue weighted by Crippen LogP contribution is -2.65. The molecule has 41 heavy (non-hydrogen) atoms. The van der Waals surface area contributed by atoms with Crippen LogP contribution >= 0.6 is 0 Å². The van der Waals surface area contributed by atoms with Crippen molar-refractivity contribution in [1.29, 1.82) is 0 Å². The number of primary amides is 1. The van der Waals surface area contributed by atoms with Crippen LogP contribution in [-0.2, 0) is 30.6 Å². The van der Waals surface area contributed by atoms with E-state index in [1.54, 1.807) is 25.1 Å². The molecule has 4 rings (SSSR count). The first-order chi connectivity index (χ1) is 18.9. The quantitative estimate of drug-likeness (QED) is 0.226. The number of hydrogen-bond acceptors (Lipinski definition) is 11. The van der Waals surface area contributed by atoms with Crippen LogP contribution < -0.4 is 10.6 Å². The monoisotopic (exact) mass is 587 g/mol. The predicted molar refractivity (Wildman–Crippen MR) is 150 cm³/mol. The number of nitrogens with zero attached hydrogens (tertiary/aromatic N) is 2. The van der Waals surface area contributed by atoms with Crippen molar-refractivity contribution in [3.63, 3.8) is 0 Å². The first-order valence-corrected chi connectivity index (χ1v) is 14.9. The number of carbonyl (C=O) groups excluding carboxylic acids is 3. The van der Waals surface area contributed by atoms with Crippen LogP contribution in [0.2, 0.25) is 0 Å². The van der Waals surface area contributed by atoms with Gasteiger partial charge in [-0.3, -0.25) is 19.3 Å². The summed E-state index contributed by atoms with van der Waals surface area (Å²) < 4.78 is 22.9. The number of carbonyl (C=O) groups is 3. The Hall–Kier alpha value is -3.86. The van der Waals surface area contributed by atoms with Crippen molar-refractivity contribution in [1.82, 2.24) is 4.90 Å². The SMILES string of the molecule is CN(C)c1cc(C#CCCS(C)(=O)=O)c(O)c2c1CC1CC3C(N(C)C)C(=O)C(C(N)=O)=C(O)C3(O)C(=O)C1=C2O. The van der Waals surface area contributed by atoms with Crippen LogP contribution in [0.3, 0.4) is 0 Å². The molecule has 1 saturated carbocycles. The van der Waals surface area contributed by atoms with Gasteiger partial charge in [0.2, 0.25) is 5.78 Å². The normalized spacial score (nSPS) is 25.8. The summed E-state index contributed by atoms with van der Waals surface area (Å²) in [6, 6.07) is 0.431. The Labute approximate surface area is 237 Å². The maximum atomic E-state index is 14.0. The molecular formula is C28H33N3O9S. The third-order valence-electron chi connectivity index (χ3n) is 8.00. The maximum Gasteiger partial charge on any atom is 0.255 e. The van der Waals surface area contributed by atoms with E-state index in [0.717, 1.165) is 6.26 Å². The van der Waals surface area contributed by atoms with Gasteiger partial charge in [-0.2, -0.15) is 0 Å². The van der Waals surface area contributed by atoms with Crippen molar-refractivity contribution in [2.45, 2.75) is 30.9 Å². The second-order valence-electron chi connectivity index (χ2n) is 11.2. The molecule has 1 aromatic rings. The molecule has 0 radical (unpaired) electrons. The summed E-state index contributed by atoms with van der Waals surface area (Å²) in [5.74, 6) is -2.06. The highest BCUT2D eigenvalue weighted by atomic mass is 32.2. The Bertz CT molecular complexity index is 1610. The number of phenolic OH excluding ortho intramolecular Hbond substituents is 1. The molecule has 0 heterocycles. The Morgan fingerprint density at radius 2 is 1.80 bits per heavy atom. The summed E-state index contributed by atoms with van der Waals surface area (Å²) in [5.41, 5.74) is 2.56. The Morgan fingerprint density at radius 3 is 2.34 bits per heavy atom. The van der Waals surface area contributed by atoms with E-state index in [1.807, 2.05) is 0 Å². The molecule has 12 nitrogen and oxygen atoms in total. The lowest BCUT2D eigenvalue weighted by molar-refractivity contribution is -0.153. The molecule has 4 atom stereocenters. The molecule has 4 unspecified atom stereocenters. The maximum absolute atomic E-state index is 14.0. The van der Waals surface area contributed by atoms with E-state index >= 15 is 0 Å². The second-order valence-corrected chi connectivity index (χ2v) is 13.4. The van der Waals surface area contributed by atoms with Gasteiger partial charge in [0.1, 0.15) is 32.7 Å². The number of hydrogen-bond donors (Lipinski definition) is 5. The summed E-state index contributed by atoms with van der Waals surface area (Å²) in [4.78, 5) is 42.5. The van der Waals surface area contributed by atoms with Crippen molar-refractivity contribution >= 4 is 38.8 Å². The molecule has 1 fully saturated rings. The third-order valence-corrected chi connectivity index (χ3v) is 8.95. The minimum Gasteiger partial charge on any atom is -0.508 e. The van der Waals surface area contributed by atoms with E-state index in [2.05, 4.69) is 11.8 Å². The number of nitrogens with two attached hydrogens (primary N) is 1. The number of likely N-dealkylation sites (N-methyl/N-ethyl adjacent to an activating group) is 1. The van der Waals surface area contributed by atoms with Gasteiger partial charge in [-0.15, -0.1) is 0 Å². The van der Waals surface area contributed by atoms with Gasteiger partial charge in [0.05, 0.1) is 22.9 Å². The summed E-state index contributed by atoms with van der Waals surface area (Å²) in [6.45, 7) is 0. The molecule has 0 aliphatic heterocycles. The van der Waals surface area contributed by atoms with Crippen LogP contribution in [-0.4, -0.2) is 103 Å². The van der Waals surface area contributed by atoms with Gasteiger partial charge >= 0.3 is 0 Å². The van der Waals surface area contributed by atoms with Crippen molar-refractivity contribution < 1.29 is 43.2 Å². The summed E-state index contributed by atoms with van der Waals surface area (Å²) in [5, 5.41) is 45.3. The molecule has 13 heteroatoms. The van der Waals surface area contributed by atoms with Crippen molar-refractivity contribution in [3.8, 4) is 17.6 Å². The van der Waals surface area contributed by atoms with E-state index in [-0.39, 0.29) is 41.7 Å². The first kappa shape index (κ1) is 30.1. The smallest absolute Gasteiger partial charge is 0.255 e. The lowest BCUT2D eigenvalue weighted by Gasteiger charge is -2.50. The van der Waals surface area contributed by atoms with Crippen LogP contribution in [0, 0.1) is 23.7 Å². The van der Waals surface area contributed by atoms with Crippen LogP contribution in [0.5, 0.6) is 5.75 Å². The fraction of sp³-hybridized carbons (Fsp3) is 0.464. The number of fused-ring (bicyclic) bond motifs is 3. The van der Waals surface area contributed by atoms with E-state index in [1.165, 1.54) is 19.0 Å². The Balaban J connectivity index is 1.94. The largest absolute Gasteiger partial charge is 0.508 e. The number of ketones is 2. The van der Waals surface area contributed by atoms with Gasteiger partial charge in [0.25, 0.3) is 5.91 Å². The topological polar surface area (TPSA) is 199 Å². The molecule has 0 spiro atoms. The number of benzene rings is 1. The number of aliphatic hydroxyl groups excluding tert-OH is 2. The number of aromatic hydroxyl groups is 1. The number of Topliss-reactive ketones (excluding diaryl/α,β-unsaturated/α-hetero) is 2. The number of aliphatic hydroxyl groups is 3. The highest BCUT2D eigenvalue weighted by Gasteiger charge is 2.64. The minimum absolute atomic E-state index is 0.00821. The molecule has 0 saturated heterocycles. The van der Waals surface area contributed by atoms with Crippen molar-refractivity contribution in [2.24, 2.45) is 17.6 Å². The molecule has 3 aliphatic rings. The van der Waals surface area contributed by atoms with Gasteiger partial charge in [0, 0.05) is 44.0 Å². The second kappa shape index (κ2) is 10.2. The zero-order chi connectivity index (χ0) is 30.8. The van der Waals surface area contributed by atoms with Crippen molar-refractivity contribution in [2.75, 3.05) is 45.1 Å². The van der Waals surface area contributed by atoms with Gasteiger partial charge in [0.15, 0.2) is 11.4 Å². The summed E-state index contributed by atoms with van der Waals surface area (Å²) in [6.07, 6.45) is 1.20. The summed E-state index contributed by atoms with van der Waals surface area (Å²) >= 11 is 0. The van der Waals surface area contributed by atoms with Crippen LogP contribution in [0.15, 0.2) is 23.0 Å². The molecule has 1 amide bonds. The van der Waals surface area contributed by atoms with Gasteiger partial charge in [-0.25, -0.2) is 8.42 Å². The van der Waals surface area contributed by atoms with Gasteiger partial charge in [-0.05, 0) is 44.5 Å². The fourth-order valence-corrected chi connectivity index (χ4v) is 6.65. The zero-order valence-corrected chi connectivity index (χ0v) is 24.2. The summed E-state index contributed by atoms with van der Waals surface area (Å²) in [7, 11) is 3.30. The standard InChI is InChI=1S/C28H33N3O9S/c1-30(2)17-12-13(8-6-7-9-41(5,39)40)22(32)19-15(17)10-14-11-16-21(31(3)4)24(34)20(27(29)37)26(36)28(16,38)25(35)18(14)23(19)33/h12,14,16,21,32-33,36,38H,7,9-11H2,1-5H3,(H2,29,37). The number of amides is 1. The van der Waals surface area contributed by atoms with E-state index in [4.69, 9.17) is 5.73 Å².